The first kappa shape index (κ1) is 15.8. The number of hydrogen-bond acceptors (Lipinski definition) is 5. The van der Waals surface area contributed by atoms with Gasteiger partial charge < -0.3 is 9.84 Å². The smallest absolute Gasteiger partial charge is 0.248 e. The molecule has 1 aromatic rings. The molecule has 0 spiro atoms. The Balaban J connectivity index is 0.00000147. The molecule has 2 fully saturated rings. The second kappa shape index (κ2) is 5.63. The lowest BCUT2D eigenvalue weighted by Gasteiger charge is -2.33. The SMILES string of the molecule is Cc1noc(C)c1S(=O)(=O)N1CCC2CNCC2C1.Cl. The highest BCUT2D eigenvalue weighted by atomic mass is 35.5. The van der Waals surface area contributed by atoms with Gasteiger partial charge in [-0.1, -0.05) is 5.16 Å². The fourth-order valence-electron chi connectivity index (χ4n) is 3.19. The highest BCUT2D eigenvalue weighted by Gasteiger charge is 2.39. The lowest BCUT2D eigenvalue weighted by molar-refractivity contribution is 0.227. The number of nitrogens with zero attached hydrogens (tertiary/aromatic N) is 2. The van der Waals surface area contributed by atoms with Gasteiger partial charge in [0.1, 0.15) is 10.6 Å². The summed E-state index contributed by atoms with van der Waals surface area (Å²) >= 11 is 0. The van der Waals surface area contributed by atoms with Crippen molar-refractivity contribution in [2.75, 3.05) is 26.2 Å². The first-order chi connectivity index (χ1) is 9.00. The molecule has 1 N–H and O–H groups in total. The molecule has 0 radical (unpaired) electrons. The van der Waals surface area contributed by atoms with Gasteiger partial charge >= 0.3 is 0 Å². The Morgan fingerprint density at radius 2 is 2.00 bits per heavy atom. The van der Waals surface area contributed by atoms with Crippen LogP contribution in [0.15, 0.2) is 9.42 Å². The fourth-order valence-corrected chi connectivity index (χ4v) is 4.99. The Hall–Kier alpha value is -0.630. The predicted molar refractivity (Wildman–Crippen MR) is 76.5 cm³/mol. The molecule has 3 heterocycles. The molecule has 2 atom stereocenters. The highest BCUT2D eigenvalue weighted by molar-refractivity contribution is 7.89. The van der Waals surface area contributed by atoms with E-state index >= 15 is 0 Å². The van der Waals surface area contributed by atoms with Crippen LogP contribution in [-0.4, -0.2) is 44.1 Å². The van der Waals surface area contributed by atoms with Crippen LogP contribution in [0.3, 0.4) is 0 Å². The van der Waals surface area contributed by atoms with Gasteiger partial charge in [-0.05, 0) is 45.2 Å². The van der Waals surface area contributed by atoms with Crippen LogP contribution in [0.1, 0.15) is 17.9 Å². The number of rotatable bonds is 2. The van der Waals surface area contributed by atoms with Gasteiger partial charge in [0.2, 0.25) is 10.0 Å². The number of hydrogen-bond donors (Lipinski definition) is 1. The third-order valence-corrected chi connectivity index (χ3v) is 6.34. The maximum atomic E-state index is 12.7. The van der Waals surface area contributed by atoms with E-state index in [1.54, 1.807) is 18.2 Å². The van der Waals surface area contributed by atoms with Crippen molar-refractivity contribution in [3.8, 4) is 0 Å². The van der Waals surface area contributed by atoms with E-state index in [0.29, 0.717) is 36.4 Å². The first-order valence-corrected chi connectivity index (χ1v) is 8.08. The molecule has 6 nitrogen and oxygen atoms in total. The number of nitrogens with one attached hydrogen (secondary N) is 1. The van der Waals surface area contributed by atoms with E-state index in [1.165, 1.54) is 0 Å². The third-order valence-electron chi connectivity index (χ3n) is 4.23. The van der Waals surface area contributed by atoms with E-state index in [2.05, 4.69) is 10.5 Å². The molecule has 0 bridgehead atoms. The minimum atomic E-state index is -3.47. The van der Waals surface area contributed by atoms with Crippen molar-refractivity contribution < 1.29 is 12.9 Å². The summed E-state index contributed by atoms with van der Waals surface area (Å²) in [6.45, 7) is 6.45. The Kier molecular flexibility index (Phi) is 4.44. The van der Waals surface area contributed by atoms with Crippen LogP contribution in [-0.2, 0) is 10.0 Å². The molecule has 2 saturated heterocycles. The van der Waals surface area contributed by atoms with Gasteiger partial charge in [-0.15, -0.1) is 12.4 Å². The monoisotopic (exact) mass is 321 g/mol. The molecule has 0 aromatic carbocycles. The van der Waals surface area contributed by atoms with Crippen molar-refractivity contribution in [2.45, 2.75) is 25.2 Å². The van der Waals surface area contributed by atoms with Crippen LogP contribution in [0, 0.1) is 25.7 Å². The Labute approximate surface area is 125 Å². The number of piperidine rings is 1. The topological polar surface area (TPSA) is 75.4 Å². The van der Waals surface area contributed by atoms with Crippen LogP contribution < -0.4 is 5.32 Å². The summed E-state index contributed by atoms with van der Waals surface area (Å²) in [6, 6.07) is 0. The molecule has 2 unspecified atom stereocenters. The van der Waals surface area contributed by atoms with Gasteiger partial charge in [0.15, 0.2) is 5.76 Å². The van der Waals surface area contributed by atoms with E-state index in [-0.39, 0.29) is 17.3 Å². The first-order valence-electron chi connectivity index (χ1n) is 6.64. The summed E-state index contributed by atoms with van der Waals surface area (Å²) in [5.74, 6) is 1.43. The summed E-state index contributed by atoms with van der Waals surface area (Å²) in [5, 5.41) is 7.09. The van der Waals surface area contributed by atoms with E-state index < -0.39 is 10.0 Å². The molecule has 0 saturated carbocycles. The molecule has 8 heteroatoms. The Bertz CT molecular complexity index is 567. The van der Waals surface area contributed by atoms with Gasteiger partial charge in [0.05, 0.1) is 0 Å². The van der Waals surface area contributed by atoms with Crippen molar-refractivity contribution >= 4 is 22.4 Å². The van der Waals surface area contributed by atoms with Crippen molar-refractivity contribution in [1.29, 1.82) is 0 Å². The van der Waals surface area contributed by atoms with Gasteiger partial charge in [-0.2, -0.15) is 4.31 Å². The minimum Gasteiger partial charge on any atom is -0.360 e. The van der Waals surface area contributed by atoms with Crippen LogP contribution in [0.4, 0.5) is 0 Å². The van der Waals surface area contributed by atoms with Gasteiger partial charge in [-0.25, -0.2) is 8.42 Å². The van der Waals surface area contributed by atoms with Gasteiger partial charge in [0, 0.05) is 13.1 Å². The number of aryl methyl sites for hydroxylation is 2. The number of halogens is 1. The third kappa shape index (κ3) is 2.47. The van der Waals surface area contributed by atoms with E-state index in [4.69, 9.17) is 4.52 Å². The average molecular weight is 322 g/mol. The maximum absolute atomic E-state index is 12.7. The summed E-state index contributed by atoms with van der Waals surface area (Å²) in [6.07, 6.45) is 0.931. The molecule has 0 aliphatic carbocycles. The molecule has 114 valence electrons. The quantitative estimate of drug-likeness (QED) is 0.877. The molecule has 2 aliphatic heterocycles. The lowest BCUT2D eigenvalue weighted by atomic mass is 9.90. The molecular formula is C12H20ClN3O3S. The normalized spacial score (nSPS) is 27.1. The van der Waals surface area contributed by atoms with Crippen LogP contribution >= 0.6 is 12.4 Å². The Morgan fingerprint density at radius 1 is 1.30 bits per heavy atom. The van der Waals surface area contributed by atoms with Crippen LogP contribution in [0.2, 0.25) is 0 Å². The van der Waals surface area contributed by atoms with Crippen molar-refractivity contribution in [1.82, 2.24) is 14.8 Å². The maximum Gasteiger partial charge on any atom is 0.248 e. The zero-order valence-corrected chi connectivity index (χ0v) is 13.3. The van der Waals surface area contributed by atoms with Crippen molar-refractivity contribution in [3.05, 3.63) is 11.5 Å². The fraction of sp³-hybridized carbons (Fsp3) is 0.750. The minimum absolute atomic E-state index is 0. The molecule has 20 heavy (non-hydrogen) atoms. The van der Waals surface area contributed by atoms with E-state index in [9.17, 15) is 8.42 Å². The van der Waals surface area contributed by atoms with Crippen LogP contribution in [0.5, 0.6) is 0 Å². The standard InChI is InChI=1S/C12H19N3O3S.ClH/c1-8-12(9(2)18-14-8)19(16,17)15-4-3-10-5-13-6-11(10)7-15;/h10-11,13H,3-7H2,1-2H3;1H. The summed E-state index contributed by atoms with van der Waals surface area (Å²) in [5.41, 5.74) is 0.448. The van der Waals surface area contributed by atoms with E-state index in [0.717, 1.165) is 19.5 Å². The second-order valence-electron chi connectivity index (χ2n) is 5.48. The Morgan fingerprint density at radius 3 is 2.65 bits per heavy atom. The predicted octanol–water partition coefficient (Wildman–Crippen LogP) is 0.943. The summed E-state index contributed by atoms with van der Waals surface area (Å²) in [7, 11) is -3.47. The van der Waals surface area contributed by atoms with Crippen LogP contribution in [0.25, 0.3) is 0 Å². The summed E-state index contributed by atoms with van der Waals surface area (Å²) in [4.78, 5) is 0.247. The number of aromatic nitrogens is 1. The number of sulfonamides is 1. The molecule has 1 aromatic heterocycles. The highest BCUT2D eigenvalue weighted by Crippen LogP contribution is 2.31. The summed E-state index contributed by atoms with van der Waals surface area (Å²) < 4.78 is 32.0. The average Bonchev–Trinajstić information content (AvgIpc) is 2.95. The molecule has 3 rings (SSSR count). The lowest BCUT2D eigenvalue weighted by Crippen LogP contribution is -2.43. The molecule has 0 amide bonds. The zero-order chi connectivity index (χ0) is 13.6. The van der Waals surface area contributed by atoms with Crippen molar-refractivity contribution in [2.24, 2.45) is 11.8 Å². The zero-order valence-electron chi connectivity index (χ0n) is 11.6. The number of fused-ring (bicyclic) bond motifs is 1. The van der Waals surface area contributed by atoms with Crippen molar-refractivity contribution in [3.63, 3.8) is 0 Å². The van der Waals surface area contributed by atoms with E-state index in [1.807, 2.05) is 0 Å². The van der Waals surface area contributed by atoms with Gasteiger partial charge in [-0.3, -0.25) is 0 Å². The van der Waals surface area contributed by atoms with Gasteiger partial charge in [0.25, 0.3) is 0 Å². The molecular weight excluding hydrogens is 302 g/mol. The molecule has 2 aliphatic rings. The second-order valence-corrected chi connectivity index (χ2v) is 7.36. The largest absolute Gasteiger partial charge is 0.360 e.